The van der Waals surface area contributed by atoms with Crippen molar-refractivity contribution in [1.29, 1.82) is 0 Å². The third-order valence-corrected chi connectivity index (χ3v) is 2.58. The Morgan fingerprint density at radius 2 is 2.20 bits per heavy atom. The maximum absolute atomic E-state index is 10.9. The van der Waals surface area contributed by atoms with Gasteiger partial charge in [0, 0.05) is 17.2 Å². The number of hydrazine groups is 1. The van der Waals surface area contributed by atoms with Crippen molar-refractivity contribution in [3.05, 3.63) is 51.4 Å². The summed E-state index contributed by atoms with van der Waals surface area (Å²) in [4.78, 5) is 18.3. The molecule has 0 amide bonds. The fraction of sp³-hybridized carbons (Fsp3) is 0.0909. The fourth-order valence-electron chi connectivity index (χ4n) is 1.41. The molecule has 3 N–H and O–H groups in total. The molecule has 0 atom stereocenters. The van der Waals surface area contributed by atoms with Gasteiger partial charge in [-0.3, -0.25) is 15.1 Å². The zero-order valence-corrected chi connectivity index (χ0v) is 10.9. The average molecular weight is 296 g/mol. The van der Waals surface area contributed by atoms with Crippen LogP contribution in [0.1, 0.15) is 5.69 Å². The van der Waals surface area contributed by atoms with Crippen LogP contribution in [0.25, 0.3) is 0 Å². The van der Waals surface area contributed by atoms with E-state index in [0.29, 0.717) is 16.5 Å². The van der Waals surface area contributed by atoms with Gasteiger partial charge in [0.15, 0.2) is 11.6 Å². The second-order valence-corrected chi connectivity index (χ2v) is 4.13. The first-order valence-corrected chi connectivity index (χ1v) is 5.82. The number of anilines is 1. The molecular formula is C11H10ClN5O3. The minimum Gasteiger partial charge on any atom is -0.480 e. The molecule has 1 aromatic carbocycles. The molecule has 0 aliphatic rings. The topological polar surface area (TPSA) is 116 Å². The third-order valence-electron chi connectivity index (χ3n) is 2.35. The number of nitrogen functional groups attached to an aromatic ring is 1. The maximum atomic E-state index is 10.9. The van der Waals surface area contributed by atoms with Crippen LogP contribution in [0.3, 0.4) is 0 Å². The van der Waals surface area contributed by atoms with Crippen molar-refractivity contribution in [1.82, 2.24) is 9.97 Å². The van der Waals surface area contributed by atoms with Gasteiger partial charge in [0.05, 0.1) is 23.0 Å². The van der Waals surface area contributed by atoms with Crippen LogP contribution < -0.4 is 16.0 Å². The van der Waals surface area contributed by atoms with Crippen LogP contribution in [0.15, 0.2) is 30.6 Å². The highest BCUT2D eigenvalue weighted by atomic mass is 35.5. The molecule has 0 saturated heterocycles. The Balaban J connectivity index is 2.13. The number of nitrogens with one attached hydrogen (secondary N) is 1. The molecule has 0 bridgehead atoms. The second kappa shape index (κ2) is 6.13. The molecule has 0 spiro atoms. The summed E-state index contributed by atoms with van der Waals surface area (Å²) in [5.41, 5.74) is 2.67. The quantitative estimate of drug-likeness (QED) is 0.491. The lowest BCUT2D eigenvalue weighted by Crippen LogP contribution is -2.09. The molecule has 0 unspecified atom stereocenters. The number of rotatable bonds is 5. The van der Waals surface area contributed by atoms with Crippen LogP contribution >= 0.6 is 11.6 Å². The van der Waals surface area contributed by atoms with Crippen LogP contribution in [0.4, 0.5) is 11.5 Å². The summed E-state index contributed by atoms with van der Waals surface area (Å²) in [5, 5.41) is 11.2. The number of hydrogen-bond acceptors (Lipinski definition) is 7. The van der Waals surface area contributed by atoms with Gasteiger partial charge in [-0.25, -0.2) is 10.8 Å². The Labute approximate surface area is 118 Å². The lowest BCUT2D eigenvalue weighted by atomic mass is 10.3. The van der Waals surface area contributed by atoms with E-state index in [-0.39, 0.29) is 18.0 Å². The zero-order chi connectivity index (χ0) is 14.5. The lowest BCUT2D eigenvalue weighted by molar-refractivity contribution is -0.385. The first-order chi connectivity index (χ1) is 9.60. The lowest BCUT2D eigenvalue weighted by Gasteiger charge is -2.07. The Kier molecular flexibility index (Phi) is 4.28. The number of ether oxygens (including phenoxy) is 1. The molecule has 2 rings (SSSR count). The van der Waals surface area contributed by atoms with Crippen LogP contribution in [-0.4, -0.2) is 14.9 Å². The number of halogens is 1. The van der Waals surface area contributed by atoms with Crippen molar-refractivity contribution < 1.29 is 9.66 Å². The first-order valence-electron chi connectivity index (χ1n) is 5.44. The van der Waals surface area contributed by atoms with Crippen LogP contribution in [0.2, 0.25) is 5.02 Å². The summed E-state index contributed by atoms with van der Waals surface area (Å²) in [6, 6.07) is 4.09. The van der Waals surface area contributed by atoms with E-state index in [9.17, 15) is 10.1 Å². The molecule has 0 fully saturated rings. The highest BCUT2D eigenvalue weighted by molar-refractivity contribution is 6.30. The number of benzene rings is 1. The Morgan fingerprint density at radius 1 is 1.40 bits per heavy atom. The van der Waals surface area contributed by atoms with Gasteiger partial charge in [-0.05, 0) is 6.07 Å². The smallest absolute Gasteiger partial charge is 0.311 e. The summed E-state index contributed by atoms with van der Waals surface area (Å²) in [5.74, 6) is 5.64. The molecular weight excluding hydrogens is 286 g/mol. The van der Waals surface area contributed by atoms with E-state index in [2.05, 4.69) is 15.4 Å². The monoisotopic (exact) mass is 295 g/mol. The second-order valence-electron chi connectivity index (χ2n) is 3.70. The molecule has 1 heterocycles. The first kappa shape index (κ1) is 14.0. The molecule has 0 saturated carbocycles. The summed E-state index contributed by atoms with van der Waals surface area (Å²) in [6.45, 7) is 0.0268. The number of nitro benzene ring substituents is 1. The van der Waals surface area contributed by atoms with Crippen molar-refractivity contribution in [3.63, 3.8) is 0 Å². The van der Waals surface area contributed by atoms with E-state index in [1.807, 2.05) is 0 Å². The molecule has 0 aliphatic heterocycles. The van der Waals surface area contributed by atoms with Crippen molar-refractivity contribution in [3.8, 4) is 5.75 Å². The largest absolute Gasteiger partial charge is 0.480 e. The molecule has 20 heavy (non-hydrogen) atoms. The van der Waals surface area contributed by atoms with Crippen molar-refractivity contribution >= 4 is 23.1 Å². The van der Waals surface area contributed by atoms with Crippen LogP contribution in [0, 0.1) is 10.1 Å². The minimum absolute atomic E-state index is 0.0268. The standard InChI is InChI=1S/C11H10ClN5O3/c12-7-1-2-9(17(18)19)10(3-7)20-6-8-4-15-11(16-13)5-14-8/h1-5H,6,13H2,(H,15,16). The molecule has 0 aliphatic carbocycles. The van der Waals surface area contributed by atoms with Crippen molar-refractivity contribution in [2.24, 2.45) is 5.84 Å². The summed E-state index contributed by atoms with van der Waals surface area (Å²) in [7, 11) is 0. The van der Waals surface area contributed by atoms with Gasteiger partial charge in [-0.15, -0.1) is 0 Å². The van der Waals surface area contributed by atoms with E-state index in [1.165, 1.54) is 30.6 Å². The SMILES string of the molecule is NNc1cnc(COc2cc(Cl)ccc2[N+](=O)[O-])cn1. The number of nitro groups is 1. The Hall–Kier alpha value is -2.45. The predicted octanol–water partition coefficient (Wildman–Crippen LogP) is 1.90. The van der Waals surface area contributed by atoms with Crippen molar-refractivity contribution in [2.75, 3.05) is 5.43 Å². The molecule has 9 heteroatoms. The predicted molar refractivity (Wildman–Crippen MR) is 72.3 cm³/mol. The molecule has 8 nitrogen and oxygen atoms in total. The molecule has 1 aromatic heterocycles. The number of nitrogens with zero attached hydrogens (tertiary/aromatic N) is 3. The van der Waals surface area contributed by atoms with Crippen molar-refractivity contribution in [2.45, 2.75) is 6.61 Å². The summed E-state index contributed by atoms with van der Waals surface area (Å²) < 4.78 is 5.36. The third kappa shape index (κ3) is 3.31. The fourth-order valence-corrected chi connectivity index (χ4v) is 1.57. The number of hydrogen-bond donors (Lipinski definition) is 2. The normalized spacial score (nSPS) is 10.1. The maximum Gasteiger partial charge on any atom is 0.311 e. The van der Waals surface area contributed by atoms with E-state index in [4.69, 9.17) is 22.2 Å². The Bertz CT molecular complexity index is 620. The number of nitrogens with two attached hydrogens (primary N) is 1. The van der Waals surface area contributed by atoms with Gasteiger partial charge in [-0.2, -0.15) is 0 Å². The van der Waals surface area contributed by atoms with Gasteiger partial charge in [0.25, 0.3) is 0 Å². The van der Waals surface area contributed by atoms with E-state index < -0.39 is 4.92 Å². The zero-order valence-electron chi connectivity index (χ0n) is 10.1. The molecule has 0 radical (unpaired) electrons. The van der Waals surface area contributed by atoms with Gasteiger partial charge < -0.3 is 10.2 Å². The van der Waals surface area contributed by atoms with Crippen LogP contribution in [-0.2, 0) is 6.61 Å². The minimum atomic E-state index is -0.543. The summed E-state index contributed by atoms with van der Waals surface area (Å²) >= 11 is 5.79. The molecule has 2 aromatic rings. The highest BCUT2D eigenvalue weighted by Crippen LogP contribution is 2.30. The Morgan fingerprint density at radius 3 is 2.80 bits per heavy atom. The van der Waals surface area contributed by atoms with Gasteiger partial charge in [-0.1, -0.05) is 11.6 Å². The van der Waals surface area contributed by atoms with E-state index in [1.54, 1.807) is 0 Å². The highest BCUT2D eigenvalue weighted by Gasteiger charge is 2.15. The van der Waals surface area contributed by atoms with E-state index >= 15 is 0 Å². The average Bonchev–Trinajstić information content (AvgIpc) is 2.45. The summed E-state index contributed by atoms with van der Waals surface area (Å²) in [6.07, 6.45) is 2.87. The van der Waals surface area contributed by atoms with Gasteiger partial charge >= 0.3 is 5.69 Å². The number of aromatic nitrogens is 2. The van der Waals surface area contributed by atoms with Crippen LogP contribution in [0.5, 0.6) is 5.75 Å². The van der Waals surface area contributed by atoms with Gasteiger partial charge in [0.1, 0.15) is 6.61 Å². The molecule has 104 valence electrons. The van der Waals surface area contributed by atoms with E-state index in [0.717, 1.165) is 0 Å². The van der Waals surface area contributed by atoms with Gasteiger partial charge in [0.2, 0.25) is 0 Å².